The summed E-state index contributed by atoms with van der Waals surface area (Å²) in [6.45, 7) is 8.47. The Kier molecular flexibility index (Phi) is 4.37. The first-order chi connectivity index (χ1) is 11.7. The molecule has 0 bridgehead atoms. The maximum atomic E-state index is 4.96. The standard InChI is InChI=1S/C18H19BrN4S/c1-3-22(4-2)10-11-23-14-8-7-13(19)17-15(14)16(21-23)12-6-5-9-20-18(12)24-17/h5-9H,3-4,10-11H2,1-2H3. The van der Waals surface area contributed by atoms with Gasteiger partial charge in [0.05, 0.1) is 12.1 Å². The normalized spacial score (nSPS) is 12.8. The smallest absolute Gasteiger partial charge is 0.110 e. The zero-order valence-electron chi connectivity index (χ0n) is 13.8. The number of likely N-dealkylation sites (N-methyl/N-ethyl adjacent to an activating group) is 1. The summed E-state index contributed by atoms with van der Waals surface area (Å²) < 4.78 is 3.27. The zero-order chi connectivity index (χ0) is 16.7. The van der Waals surface area contributed by atoms with Gasteiger partial charge in [-0.3, -0.25) is 4.68 Å². The van der Waals surface area contributed by atoms with E-state index in [2.05, 4.69) is 62.5 Å². The third-order valence-corrected chi connectivity index (χ3v) is 6.64. The molecule has 0 amide bonds. The minimum atomic E-state index is 0.902. The summed E-state index contributed by atoms with van der Waals surface area (Å²) >= 11 is 5.42. The van der Waals surface area contributed by atoms with Crippen LogP contribution in [-0.2, 0) is 6.54 Å². The number of aromatic nitrogens is 3. The van der Waals surface area contributed by atoms with Crippen molar-refractivity contribution in [2.45, 2.75) is 30.3 Å². The summed E-state index contributed by atoms with van der Waals surface area (Å²) in [5.41, 5.74) is 3.40. The predicted molar refractivity (Wildman–Crippen MR) is 103 cm³/mol. The van der Waals surface area contributed by atoms with Crippen LogP contribution in [0.15, 0.2) is 44.9 Å². The van der Waals surface area contributed by atoms with Gasteiger partial charge in [-0.15, -0.1) is 0 Å². The second-order valence-corrected chi connectivity index (χ2v) is 7.68. The zero-order valence-corrected chi connectivity index (χ0v) is 16.2. The molecule has 24 heavy (non-hydrogen) atoms. The van der Waals surface area contributed by atoms with Crippen LogP contribution in [0.25, 0.3) is 22.2 Å². The van der Waals surface area contributed by atoms with E-state index in [4.69, 9.17) is 5.10 Å². The fourth-order valence-electron chi connectivity index (χ4n) is 3.20. The average Bonchev–Trinajstić information content (AvgIpc) is 2.99. The number of hydrogen-bond donors (Lipinski definition) is 0. The van der Waals surface area contributed by atoms with Crippen molar-refractivity contribution >= 4 is 38.6 Å². The summed E-state index contributed by atoms with van der Waals surface area (Å²) in [7, 11) is 0. The maximum absolute atomic E-state index is 4.96. The molecular formula is C18H19BrN4S. The van der Waals surface area contributed by atoms with Crippen molar-refractivity contribution in [3.8, 4) is 11.3 Å². The van der Waals surface area contributed by atoms with Crippen LogP contribution < -0.4 is 0 Å². The van der Waals surface area contributed by atoms with Crippen LogP contribution in [0.2, 0.25) is 0 Å². The lowest BCUT2D eigenvalue weighted by atomic mass is 10.1. The molecule has 4 rings (SSSR count). The molecule has 1 aliphatic heterocycles. The van der Waals surface area contributed by atoms with Gasteiger partial charge >= 0.3 is 0 Å². The van der Waals surface area contributed by atoms with Gasteiger partial charge in [-0.05, 0) is 53.3 Å². The van der Waals surface area contributed by atoms with Crippen molar-refractivity contribution in [2.24, 2.45) is 0 Å². The van der Waals surface area contributed by atoms with E-state index in [1.54, 1.807) is 11.8 Å². The molecule has 0 fully saturated rings. The molecule has 2 aromatic heterocycles. The SMILES string of the molecule is CCN(CC)CCn1nc2c3c(c(Br)ccc31)Sc1ncccc1-2. The summed E-state index contributed by atoms with van der Waals surface area (Å²) in [5, 5.41) is 7.24. The van der Waals surface area contributed by atoms with Gasteiger partial charge in [-0.1, -0.05) is 25.6 Å². The first kappa shape index (κ1) is 16.1. The van der Waals surface area contributed by atoms with E-state index in [-0.39, 0.29) is 0 Å². The molecule has 0 N–H and O–H groups in total. The number of pyridine rings is 1. The van der Waals surface area contributed by atoms with E-state index >= 15 is 0 Å². The third-order valence-electron chi connectivity index (χ3n) is 4.57. The number of nitrogens with zero attached hydrogens (tertiary/aromatic N) is 4. The molecule has 124 valence electrons. The molecule has 0 unspecified atom stereocenters. The van der Waals surface area contributed by atoms with Crippen molar-refractivity contribution < 1.29 is 0 Å². The maximum Gasteiger partial charge on any atom is 0.110 e. The number of hydrogen-bond acceptors (Lipinski definition) is 4. The molecular weight excluding hydrogens is 384 g/mol. The number of benzene rings is 1. The first-order valence-corrected chi connectivity index (χ1v) is 9.88. The Labute approximate surface area is 154 Å². The largest absolute Gasteiger partial charge is 0.302 e. The fourth-order valence-corrected chi connectivity index (χ4v) is 4.82. The van der Waals surface area contributed by atoms with Crippen molar-refractivity contribution in [1.82, 2.24) is 19.7 Å². The van der Waals surface area contributed by atoms with Crippen LogP contribution in [0.3, 0.4) is 0 Å². The second-order valence-electron chi connectivity index (χ2n) is 5.83. The lowest BCUT2D eigenvalue weighted by molar-refractivity contribution is 0.287. The number of halogens is 1. The van der Waals surface area contributed by atoms with E-state index in [1.807, 2.05) is 12.3 Å². The Morgan fingerprint density at radius 1 is 1.21 bits per heavy atom. The topological polar surface area (TPSA) is 34.0 Å². The van der Waals surface area contributed by atoms with Crippen LogP contribution in [0.5, 0.6) is 0 Å². The Morgan fingerprint density at radius 3 is 2.83 bits per heavy atom. The van der Waals surface area contributed by atoms with E-state index < -0.39 is 0 Å². The Balaban J connectivity index is 1.84. The highest BCUT2D eigenvalue weighted by atomic mass is 79.9. The van der Waals surface area contributed by atoms with Crippen molar-refractivity contribution in [3.63, 3.8) is 0 Å². The molecule has 1 aliphatic rings. The molecule has 0 saturated carbocycles. The summed E-state index contributed by atoms with van der Waals surface area (Å²) in [5.74, 6) is 0. The molecule has 0 radical (unpaired) electrons. The van der Waals surface area contributed by atoms with E-state index in [0.29, 0.717) is 0 Å². The lowest BCUT2D eigenvalue weighted by Gasteiger charge is -2.17. The van der Waals surface area contributed by atoms with Crippen molar-refractivity contribution in [3.05, 3.63) is 34.9 Å². The molecule has 1 aromatic carbocycles. The molecule has 3 heterocycles. The van der Waals surface area contributed by atoms with Crippen LogP contribution >= 0.6 is 27.7 Å². The summed E-state index contributed by atoms with van der Waals surface area (Å²) in [6, 6.07) is 8.40. The van der Waals surface area contributed by atoms with Crippen LogP contribution in [-0.4, -0.2) is 39.3 Å². The van der Waals surface area contributed by atoms with Gasteiger partial charge in [0.15, 0.2) is 0 Å². The highest BCUT2D eigenvalue weighted by molar-refractivity contribution is 9.10. The monoisotopic (exact) mass is 402 g/mol. The molecule has 0 spiro atoms. The van der Waals surface area contributed by atoms with Gasteiger partial charge in [0.2, 0.25) is 0 Å². The van der Waals surface area contributed by atoms with Gasteiger partial charge in [0, 0.05) is 33.1 Å². The van der Waals surface area contributed by atoms with E-state index in [0.717, 1.165) is 46.9 Å². The Morgan fingerprint density at radius 2 is 2.04 bits per heavy atom. The van der Waals surface area contributed by atoms with Crippen LogP contribution in [0.4, 0.5) is 0 Å². The molecule has 4 nitrogen and oxygen atoms in total. The number of rotatable bonds is 5. The molecule has 0 atom stereocenters. The minimum Gasteiger partial charge on any atom is -0.302 e. The van der Waals surface area contributed by atoms with E-state index in [1.165, 1.54) is 15.8 Å². The van der Waals surface area contributed by atoms with Gasteiger partial charge in [-0.25, -0.2) is 4.98 Å². The molecule has 0 saturated heterocycles. The Bertz CT molecular complexity index is 901. The molecule has 0 aliphatic carbocycles. The van der Waals surface area contributed by atoms with Crippen LogP contribution in [0.1, 0.15) is 13.8 Å². The quantitative estimate of drug-likeness (QED) is 0.485. The average molecular weight is 403 g/mol. The first-order valence-electron chi connectivity index (χ1n) is 8.27. The van der Waals surface area contributed by atoms with E-state index in [9.17, 15) is 0 Å². The van der Waals surface area contributed by atoms with Crippen LogP contribution in [0, 0.1) is 0 Å². The van der Waals surface area contributed by atoms with Gasteiger partial charge in [0.1, 0.15) is 10.7 Å². The third kappa shape index (κ3) is 2.57. The predicted octanol–water partition coefficient (Wildman–Crippen LogP) is 4.67. The molecule has 3 aromatic rings. The molecule has 6 heteroatoms. The summed E-state index contributed by atoms with van der Waals surface area (Å²) in [4.78, 5) is 8.19. The van der Waals surface area contributed by atoms with Crippen molar-refractivity contribution in [1.29, 1.82) is 0 Å². The number of fused-ring (bicyclic) bond motifs is 2. The highest BCUT2D eigenvalue weighted by Gasteiger charge is 2.26. The van der Waals surface area contributed by atoms with Gasteiger partial charge in [0.25, 0.3) is 0 Å². The highest BCUT2D eigenvalue weighted by Crippen LogP contribution is 2.49. The second kappa shape index (κ2) is 6.50. The Hall–Kier alpha value is -1.37. The minimum absolute atomic E-state index is 0.902. The summed E-state index contributed by atoms with van der Waals surface area (Å²) in [6.07, 6.45) is 1.85. The lowest BCUT2D eigenvalue weighted by Crippen LogP contribution is -2.27. The van der Waals surface area contributed by atoms with Gasteiger partial charge < -0.3 is 4.90 Å². The van der Waals surface area contributed by atoms with Gasteiger partial charge in [-0.2, -0.15) is 5.10 Å². The fraction of sp³-hybridized carbons (Fsp3) is 0.333. The van der Waals surface area contributed by atoms with Crippen molar-refractivity contribution in [2.75, 3.05) is 19.6 Å².